The number of benzene rings is 1. The molecule has 1 aromatic heterocycles. The maximum atomic E-state index is 6.47. The van der Waals surface area contributed by atoms with E-state index in [2.05, 4.69) is 34.5 Å². The Kier molecular flexibility index (Phi) is 4.40. The molecule has 4 saturated heterocycles. The third-order valence-corrected chi connectivity index (χ3v) is 7.81. The van der Waals surface area contributed by atoms with Crippen LogP contribution in [-0.4, -0.2) is 44.6 Å². The highest BCUT2D eigenvalue weighted by atomic mass is 17.3. The van der Waals surface area contributed by atoms with Crippen LogP contribution >= 0.6 is 0 Å². The Bertz CT molecular complexity index is 940. The van der Waals surface area contributed by atoms with Gasteiger partial charge in [0.15, 0.2) is 11.9 Å². The van der Waals surface area contributed by atoms with Crippen LogP contribution in [0.25, 0.3) is 11.4 Å². The predicted octanol–water partition coefficient (Wildman–Crippen LogP) is 3.45. The Morgan fingerprint density at radius 2 is 1.90 bits per heavy atom. The Labute approximate surface area is 180 Å². The Morgan fingerprint density at radius 3 is 2.68 bits per heavy atom. The van der Waals surface area contributed by atoms with Crippen molar-refractivity contribution < 1.29 is 24.0 Å². The molecular weight excluding hydrogens is 400 g/mol. The second-order valence-electron chi connectivity index (χ2n) is 9.65. The number of aromatic amines is 1. The first kappa shape index (κ1) is 19.6. The van der Waals surface area contributed by atoms with Gasteiger partial charge in [0.05, 0.1) is 0 Å². The lowest BCUT2D eigenvalue weighted by Crippen LogP contribution is -2.70. The SMILES string of the molecule is C[C@H]1[C@@H](Oc2ccc(-c3nn[nH]n3)cc2)O[C@@H]2O[C@@]3(C)CC[C@H]4[C@H](C)CC[C@@H]1[C@@]24OO3. The zero-order chi connectivity index (χ0) is 21.2. The van der Waals surface area contributed by atoms with Gasteiger partial charge in [0.25, 0.3) is 0 Å². The van der Waals surface area contributed by atoms with Crippen LogP contribution in [0.15, 0.2) is 24.3 Å². The van der Waals surface area contributed by atoms with E-state index in [1.165, 1.54) is 6.42 Å². The summed E-state index contributed by atoms with van der Waals surface area (Å²) in [6, 6.07) is 7.63. The van der Waals surface area contributed by atoms with Crippen LogP contribution in [0.4, 0.5) is 0 Å². The molecule has 1 saturated carbocycles. The summed E-state index contributed by atoms with van der Waals surface area (Å²) in [6.07, 6.45) is 3.08. The summed E-state index contributed by atoms with van der Waals surface area (Å²) in [5.74, 6) is 1.73. The first-order valence-corrected chi connectivity index (χ1v) is 11.2. The van der Waals surface area contributed by atoms with Gasteiger partial charge in [-0.15, -0.1) is 10.2 Å². The van der Waals surface area contributed by atoms with Gasteiger partial charge >= 0.3 is 0 Å². The molecule has 2 aromatic rings. The first-order valence-electron chi connectivity index (χ1n) is 11.2. The third-order valence-electron chi connectivity index (χ3n) is 7.81. The van der Waals surface area contributed by atoms with Gasteiger partial charge in [0.1, 0.15) is 5.75 Å². The molecule has 1 spiro atoms. The minimum Gasteiger partial charge on any atom is -0.465 e. The lowest BCUT2D eigenvalue weighted by Gasteiger charge is -2.60. The van der Waals surface area contributed by atoms with Crippen LogP contribution in [0.1, 0.15) is 46.5 Å². The molecule has 0 radical (unpaired) electrons. The van der Waals surface area contributed by atoms with Gasteiger partial charge in [-0.05, 0) is 67.5 Å². The van der Waals surface area contributed by atoms with Crippen LogP contribution in [-0.2, 0) is 19.2 Å². The number of nitrogens with one attached hydrogen (secondary N) is 1. The molecule has 1 aliphatic carbocycles. The summed E-state index contributed by atoms with van der Waals surface area (Å²) in [5, 5.41) is 14.1. The molecule has 2 bridgehead atoms. The maximum absolute atomic E-state index is 6.47. The van der Waals surface area contributed by atoms with Crippen LogP contribution in [0.5, 0.6) is 5.75 Å². The molecule has 5 aliphatic rings. The van der Waals surface area contributed by atoms with E-state index in [-0.39, 0.29) is 11.8 Å². The van der Waals surface area contributed by atoms with E-state index < -0.39 is 24.0 Å². The molecule has 7 rings (SSSR count). The molecule has 9 heteroatoms. The number of ether oxygens (including phenoxy) is 3. The number of hydrogen-bond acceptors (Lipinski definition) is 8. The van der Waals surface area contributed by atoms with Crippen molar-refractivity contribution in [3.63, 3.8) is 0 Å². The van der Waals surface area contributed by atoms with Crippen molar-refractivity contribution in [1.82, 2.24) is 20.6 Å². The van der Waals surface area contributed by atoms with Crippen LogP contribution in [0, 0.1) is 23.7 Å². The minimum atomic E-state index is -0.783. The number of fused-ring (bicyclic) bond motifs is 2. The van der Waals surface area contributed by atoms with E-state index in [1.54, 1.807) is 0 Å². The average Bonchev–Trinajstić information content (AvgIpc) is 3.21. The van der Waals surface area contributed by atoms with Gasteiger partial charge in [0, 0.05) is 23.8 Å². The molecule has 0 unspecified atom stereocenters. The number of H-pyrrole nitrogens is 1. The molecule has 0 amide bonds. The fourth-order valence-electron chi connectivity index (χ4n) is 6.11. The summed E-state index contributed by atoms with van der Waals surface area (Å²) >= 11 is 0. The van der Waals surface area contributed by atoms with Gasteiger partial charge in [-0.25, -0.2) is 9.78 Å². The van der Waals surface area contributed by atoms with E-state index in [0.29, 0.717) is 17.7 Å². The molecule has 5 heterocycles. The van der Waals surface area contributed by atoms with Gasteiger partial charge in [-0.1, -0.05) is 13.8 Å². The molecule has 5 fully saturated rings. The van der Waals surface area contributed by atoms with E-state index >= 15 is 0 Å². The van der Waals surface area contributed by atoms with Crippen molar-refractivity contribution in [1.29, 1.82) is 0 Å². The molecule has 166 valence electrons. The lowest BCUT2D eigenvalue weighted by molar-refractivity contribution is -0.575. The topological polar surface area (TPSA) is 101 Å². The summed E-state index contributed by atoms with van der Waals surface area (Å²) in [7, 11) is 0. The zero-order valence-electron chi connectivity index (χ0n) is 18.0. The second-order valence-corrected chi connectivity index (χ2v) is 9.65. The minimum absolute atomic E-state index is 0.123. The molecule has 9 nitrogen and oxygen atoms in total. The highest BCUT2D eigenvalue weighted by molar-refractivity contribution is 5.55. The Hall–Kier alpha value is -2.07. The average molecular weight is 428 g/mol. The number of rotatable bonds is 3. The highest BCUT2D eigenvalue weighted by Gasteiger charge is 2.69. The Balaban J connectivity index is 1.28. The van der Waals surface area contributed by atoms with E-state index in [1.807, 2.05) is 31.2 Å². The van der Waals surface area contributed by atoms with Crippen molar-refractivity contribution in [2.24, 2.45) is 23.7 Å². The fourth-order valence-corrected chi connectivity index (χ4v) is 6.11. The Morgan fingerprint density at radius 1 is 1.06 bits per heavy atom. The van der Waals surface area contributed by atoms with Crippen molar-refractivity contribution in [2.75, 3.05) is 0 Å². The quantitative estimate of drug-likeness (QED) is 0.742. The standard InChI is InChI=1S/C22H28N4O5/c1-12-4-9-17-13(2)19(27-15-7-5-14(6-8-15)18-23-25-26-24-18)28-20-22(17)16(12)10-11-21(3,29-20)30-31-22/h5-8,12-13,16-17,19-20H,4,9-11H2,1-3H3,(H,23,24,25,26)/t12-,13-,16+,17+,19+,20-,21-,22-/m1/s1. The number of aromatic nitrogens is 4. The predicted molar refractivity (Wildman–Crippen MR) is 107 cm³/mol. The fraction of sp³-hybridized carbons (Fsp3) is 0.682. The molecule has 1 N–H and O–H groups in total. The van der Waals surface area contributed by atoms with E-state index in [4.69, 9.17) is 24.0 Å². The summed E-state index contributed by atoms with van der Waals surface area (Å²) in [6.45, 7) is 6.43. The third kappa shape index (κ3) is 2.94. The first-order chi connectivity index (χ1) is 15.0. The molecule has 1 aromatic carbocycles. The molecular formula is C22H28N4O5. The normalized spacial score (nSPS) is 43.8. The van der Waals surface area contributed by atoms with Crippen molar-refractivity contribution in [3.05, 3.63) is 24.3 Å². The summed E-state index contributed by atoms with van der Waals surface area (Å²) < 4.78 is 19.2. The molecule has 31 heavy (non-hydrogen) atoms. The van der Waals surface area contributed by atoms with Crippen molar-refractivity contribution >= 4 is 0 Å². The van der Waals surface area contributed by atoms with E-state index in [9.17, 15) is 0 Å². The monoisotopic (exact) mass is 428 g/mol. The highest BCUT2D eigenvalue weighted by Crippen LogP contribution is 2.60. The second kappa shape index (κ2) is 6.96. The van der Waals surface area contributed by atoms with Crippen molar-refractivity contribution in [2.45, 2.75) is 70.4 Å². The summed E-state index contributed by atoms with van der Waals surface area (Å²) in [4.78, 5) is 12.1. The molecule has 4 aliphatic heterocycles. The van der Waals surface area contributed by atoms with Gasteiger partial charge in [-0.3, -0.25) is 0 Å². The number of tetrazole rings is 1. The number of nitrogens with zero attached hydrogens (tertiary/aromatic N) is 3. The van der Waals surface area contributed by atoms with Gasteiger partial charge < -0.3 is 14.2 Å². The van der Waals surface area contributed by atoms with Gasteiger partial charge in [-0.2, -0.15) is 5.21 Å². The van der Waals surface area contributed by atoms with Gasteiger partial charge in [0.2, 0.25) is 17.9 Å². The lowest BCUT2D eigenvalue weighted by atomic mass is 9.58. The largest absolute Gasteiger partial charge is 0.465 e. The van der Waals surface area contributed by atoms with Crippen LogP contribution < -0.4 is 4.74 Å². The molecule has 8 atom stereocenters. The number of hydrogen-bond donors (Lipinski definition) is 1. The zero-order valence-corrected chi connectivity index (χ0v) is 18.0. The van der Waals surface area contributed by atoms with Crippen LogP contribution in [0.2, 0.25) is 0 Å². The van der Waals surface area contributed by atoms with Crippen LogP contribution in [0.3, 0.4) is 0 Å². The smallest absolute Gasteiger partial charge is 0.205 e. The van der Waals surface area contributed by atoms with Crippen molar-refractivity contribution in [3.8, 4) is 17.1 Å². The van der Waals surface area contributed by atoms with E-state index in [0.717, 1.165) is 30.6 Å². The maximum Gasteiger partial charge on any atom is 0.205 e. The summed E-state index contributed by atoms with van der Waals surface area (Å²) in [5.41, 5.74) is 0.291.